The molecule has 2 saturated heterocycles. The highest BCUT2D eigenvalue weighted by atomic mass is 15.0. The van der Waals surface area contributed by atoms with E-state index in [0.717, 1.165) is 24.7 Å². The molecule has 4 aliphatic carbocycles. The average Bonchev–Trinajstić information content (AvgIpc) is 3.93. The molecule has 0 unspecified atom stereocenters. The smallest absolute Gasteiger partial charge is 0.123 e. The summed E-state index contributed by atoms with van der Waals surface area (Å²) in [5, 5.41) is 7.27. The SMILES string of the molecule is c1nc([C@@H]2CCCN2)[nH]c1-c1ccc(-c2ccc(-c3cnc([C@@H]4CCCN4)[nH]3)c3c2CC2(CCCC2)C3)c2c1CC1(CCCC1)C2. The molecule has 4 N–H and O–H groups in total. The van der Waals surface area contributed by atoms with Crippen molar-refractivity contribution < 1.29 is 0 Å². The molecular weight excluding hydrogens is 564 g/mol. The second-order valence-corrected chi connectivity index (χ2v) is 16.0. The van der Waals surface area contributed by atoms with Crippen molar-refractivity contribution in [2.24, 2.45) is 10.8 Å². The van der Waals surface area contributed by atoms with Crippen LogP contribution >= 0.6 is 0 Å². The molecule has 6 nitrogen and oxygen atoms in total. The molecule has 2 aliphatic heterocycles. The molecule has 2 spiro atoms. The predicted octanol–water partition coefficient (Wildman–Crippen LogP) is 8.30. The van der Waals surface area contributed by atoms with Crippen molar-refractivity contribution in [2.75, 3.05) is 13.1 Å². The molecule has 2 aromatic carbocycles. The fourth-order valence-electron chi connectivity index (χ4n) is 10.9. The molecule has 0 bridgehead atoms. The quantitative estimate of drug-likeness (QED) is 0.183. The first-order chi connectivity index (χ1) is 22.7. The molecular formula is C40H48N6. The van der Waals surface area contributed by atoms with E-state index in [2.05, 4.69) is 57.3 Å². The lowest BCUT2D eigenvalue weighted by molar-refractivity contribution is 0.317. The molecule has 0 radical (unpaired) electrons. The average molecular weight is 613 g/mol. The van der Waals surface area contributed by atoms with E-state index in [4.69, 9.17) is 9.97 Å². The van der Waals surface area contributed by atoms with E-state index in [0.29, 0.717) is 22.9 Å². The zero-order valence-electron chi connectivity index (χ0n) is 27.2. The number of nitrogens with zero attached hydrogens (tertiary/aromatic N) is 2. The van der Waals surface area contributed by atoms with Gasteiger partial charge in [0.25, 0.3) is 0 Å². The second kappa shape index (κ2) is 10.6. The standard InChI is InChI=1S/C40H48N6/c1-2-14-39(13-1)19-29-25(9-11-27(31(29)21-39)35-23-43-37(45-35)33-7-5-17-41-33)26-10-12-28(32-22-40(20-30(26)32)15-3-4-16-40)36-24-44-38(46-36)34-8-6-18-42-34/h9-12,23-24,33-34,41-42H,1-8,13-22H2,(H,43,45)(H,44,46)/t33-,34-/m0/s1. The minimum Gasteiger partial charge on any atom is -0.341 e. The summed E-state index contributed by atoms with van der Waals surface area (Å²) in [6.45, 7) is 2.19. The number of aromatic nitrogens is 4. The zero-order valence-corrected chi connectivity index (χ0v) is 27.2. The summed E-state index contributed by atoms with van der Waals surface area (Å²) in [4.78, 5) is 17.3. The van der Waals surface area contributed by atoms with Gasteiger partial charge in [-0.3, -0.25) is 0 Å². The lowest BCUT2D eigenvalue weighted by Gasteiger charge is -2.22. The fraction of sp³-hybridized carbons (Fsp3) is 0.550. The normalized spacial score (nSPS) is 25.7. The summed E-state index contributed by atoms with van der Waals surface area (Å²) in [6, 6.07) is 10.6. The first-order valence-electron chi connectivity index (χ1n) is 18.5. The number of aromatic amines is 2. The highest BCUT2D eigenvalue weighted by Gasteiger charge is 2.44. The number of nitrogens with one attached hydrogen (secondary N) is 4. The van der Waals surface area contributed by atoms with Gasteiger partial charge >= 0.3 is 0 Å². The molecule has 4 aromatic rings. The Bertz CT molecular complexity index is 1650. The highest BCUT2D eigenvalue weighted by Crippen LogP contribution is 2.56. The van der Waals surface area contributed by atoms with Gasteiger partial charge in [0.05, 0.1) is 35.9 Å². The Kier molecular flexibility index (Phi) is 6.45. The van der Waals surface area contributed by atoms with Crippen molar-refractivity contribution in [2.45, 2.75) is 115 Å². The Balaban J connectivity index is 1.09. The molecule has 6 aliphatic rings. The summed E-state index contributed by atoms with van der Waals surface area (Å²) in [5.74, 6) is 2.22. The van der Waals surface area contributed by atoms with Gasteiger partial charge in [-0.05, 0) is 134 Å². The number of imidazole rings is 2. The van der Waals surface area contributed by atoms with Crippen molar-refractivity contribution in [3.05, 3.63) is 70.6 Å². The second-order valence-electron chi connectivity index (χ2n) is 16.0. The number of hydrogen-bond acceptors (Lipinski definition) is 4. The van der Waals surface area contributed by atoms with E-state index < -0.39 is 0 Å². The zero-order chi connectivity index (χ0) is 30.3. The van der Waals surface area contributed by atoms with Crippen molar-refractivity contribution in [1.82, 2.24) is 30.6 Å². The van der Waals surface area contributed by atoms with Gasteiger partial charge in [-0.2, -0.15) is 0 Å². The number of benzene rings is 2. The van der Waals surface area contributed by atoms with Crippen LogP contribution in [0.5, 0.6) is 0 Å². The van der Waals surface area contributed by atoms with Crippen LogP contribution in [0.25, 0.3) is 33.6 Å². The van der Waals surface area contributed by atoms with Crippen LogP contribution in [0, 0.1) is 10.8 Å². The topological polar surface area (TPSA) is 81.4 Å². The maximum Gasteiger partial charge on any atom is 0.123 e. The van der Waals surface area contributed by atoms with Gasteiger partial charge in [-0.1, -0.05) is 49.9 Å². The van der Waals surface area contributed by atoms with E-state index in [-0.39, 0.29) is 0 Å². The van der Waals surface area contributed by atoms with E-state index in [1.807, 2.05) is 0 Å². The summed E-state index contributed by atoms with van der Waals surface area (Å²) in [7, 11) is 0. The molecule has 2 saturated carbocycles. The van der Waals surface area contributed by atoms with E-state index in [1.54, 1.807) is 22.3 Å². The maximum absolute atomic E-state index is 4.89. The first kappa shape index (κ1) is 27.9. The van der Waals surface area contributed by atoms with Crippen molar-refractivity contribution in [1.29, 1.82) is 0 Å². The van der Waals surface area contributed by atoms with Gasteiger partial charge in [-0.15, -0.1) is 0 Å². The number of H-pyrrole nitrogens is 2. The molecule has 6 heteroatoms. The third-order valence-corrected chi connectivity index (χ3v) is 13.2. The Morgan fingerprint density at radius 2 is 0.891 bits per heavy atom. The van der Waals surface area contributed by atoms with Gasteiger partial charge < -0.3 is 20.6 Å². The lowest BCUT2D eigenvalue weighted by atomic mass is 9.82. The van der Waals surface area contributed by atoms with Crippen LogP contribution in [-0.4, -0.2) is 33.0 Å². The Hall–Kier alpha value is -3.22. The molecule has 46 heavy (non-hydrogen) atoms. The number of hydrogen-bond donors (Lipinski definition) is 4. The van der Waals surface area contributed by atoms with E-state index >= 15 is 0 Å². The summed E-state index contributed by atoms with van der Waals surface area (Å²) >= 11 is 0. The Morgan fingerprint density at radius 3 is 1.28 bits per heavy atom. The number of fused-ring (bicyclic) bond motifs is 2. The third-order valence-electron chi connectivity index (χ3n) is 13.2. The fourth-order valence-corrected chi connectivity index (χ4v) is 10.9. The monoisotopic (exact) mass is 612 g/mol. The molecule has 4 fully saturated rings. The first-order valence-corrected chi connectivity index (χ1v) is 18.5. The van der Waals surface area contributed by atoms with Gasteiger partial charge in [-0.25, -0.2) is 9.97 Å². The summed E-state index contributed by atoms with van der Waals surface area (Å²) in [6.07, 6.45) is 25.0. The molecule has 10 rings (SSSR count). The predicted molar refractivity (Wildman–Crippen MR) is 184 cm³/mol. The Labute approximate surface area is 273 Å². The van der Waals surface area contributed by atoms with Crippen LogP contribution in [0.2, 0.25) is 0 Å². The van der Waals surface area contributed by atoms with Crippen LogP contribution in [-0.2, 0) is 25.7 Å². The van der Waals surface area contributed by atoms with Gasteiger partial charge in [0.15, 0.2) is 0 Å². The van der Waals surface area contributed by atoms with Gasteiger partial charge in [0.2, 0.25) is 0 Å². The van der Waals surface area contributed by atoms with Crippen molar-refractivity contribution >= 4 is 0 Å². The van der Waals surface area contributed by atoms with Crippen molar-refractivity contribution in [3.63, 3.8) is 0 Å². The van der Waals surface area contributed by atoms with Gasteiger partial charge in [0, 0.05) is 11.1 Å². The lowest BCUT2D eigenvalue weighted by Crippen LogP contribution is -2.16. The minimum atomic E-state index is 0.367. The van der Waals surface area contributed by atoms with Gasteiger partial charge in [0.1, 0.15) is 11.6 Å². The molecule has 2 atom stereocenters. The van der Waals surface area contributed by atoms with E-state index in [1.165, 1.54) is 136 Å². The van der Waals surface area contributed by atoms with Crippen LogP contribution in [0.1, 0.15) is 123 Å². The van der Waals surface area contributed by atoms with Crippen molar-refractivity contribution in [3.8, 4) is 33.6 Å². The number of rotatable bonds is 5. The maximum atomic E-state index is 4.89. The summed E-state index contributed by atoms with van der Waals surface area (Å²) < 4.78 is 0. The molecule has 0 amide bonds. The largest absolute Gasteiger partial charge is 0.341 e. The van der Waals surface area contributed by atoms with Crippen LogP contribution in [0.15, 0.2) is 36.7 Å². The Morgan fingerprint density at radius 1 is 0.500 bits per heavy atom. The molecule has 2 aromatic heterocycles. The third kappa shape index (κ3) is 4.42. The van der Waals surface area contributed by atoms with Crippen LogP contribution in [0.4, 0.5) is 0 Å². The highest BCUT2D eigenvalue weighted by molar-refractivity contribution is 5.83. The van der Waals surface area contributed by atoms with E-state index in [9.17, 15) is 0 Å². The minimum absolute atomic E-state index is 0.367. The summed E-state index contributed by atoms with van der Waals surface area (Å²) in [5.41, 5.74) is 15.6. The molecule has 4 heterocycles. The van der Waals surface area contributed by atoms with Crippen LogP contribution < -0.4 is 10.6 Å². The molecule has 238 valence electrons. The van der Waals surface area contributed by atoms with Crippen LogP contribution in [0.3, 0.4) is 0 Å².